The average Bonchev–Trinajstić information content (AvgIpc) is 2.83. The topological polar surface area (TPSA) is 38.3 Å². The summed E-state index contributed by atoms with van der Waals surface area (Å²) in [7, 11) is 0. The Labute approximate surface area is 132 Å². The number of nitrogens with one attached hydrogen (secondary N) is 1. The van der Waals surface area contributed by atoms with Crippen molar-refractivity contribution in [3.63, 3.8) is 0 Å². The van der Waals surface area contributed by atoms with Gasteiger partial charge in [-0.05, 0) is 42.0 Å². The highest BCUT2D eigenvalue weighted by Crippen LogP contribution is 2.34. The molecule has 3 nitrogen and oxygen atoms in total. The van der Waals surface area contributed by atoms with Gasteiger partial charge in [0, 0.05) is 27.4 Å². The molecule has 2 heterocycles. The monoisotopic (exact) mass is 309 g/mol. The van der Waals surface area contributed by atoms with E-state index in [0.717, 1.165) is 28.1 Å². The molecule has 0 unspecified atom stereocenters. The lowest BCUT2D eigenvalue weighted by molar-refractivity contribution is -0.110. The van der Waals surface area contributed by atoms with Gasteiger partial charge in [-0.2, -0.15) is 0 Å². The number of ether oxygens (including phenoxy) is 1. The van der Waals surface area contributed by atoms with Gasteiger partial charge < -0.3 is 10.1 Å². The van der Waals surface area contributed by atoms with Crippen molar-refractivity contribution in [2.75, 3.05) is 11.9 Å². The van der Waals surface area contributed by atoms with E-state index in [4.69, 9.17) is 16.3 Å². The van der Waals surface area contributed by atoms with Gasteiger partial charge in [0.05, 0.1) is 0 Å². The minimum atomic E-state index is -0.0843. The molecule has 2 aliphatic heterocycles. The van der Waals surface area contributed by atoms with Gasteiger partial charge in [-0.1, -0.05) is 29.8 Å². The van der Waals surface area contributed by atoms with Crippen LogP contribution in [0.25, 0.3) is 11.6 Å². The van der Waals surface area contributed by atoms with Crippen LogP contribution < -0.4 is 10.1 Å². The highest BCUT2D eigenvalue weighted by Gasteiger charge is 2.24. The molecule has 1 N–H and O–H groups in total. The molecule has 0 saturated carbocycles. The summed E-state index contributed by atoms with van der Waals surface area (Å²) in [6.45, 7) is 0.438. The van der Waals surface area contributed by atoms with Crippen molar-refractivity contribution in [1.29, 1.82) is 0 Å². The minimum Gasteiger partial charge on any atom is -0.488 e. The van der Waals surface area contributed by atoms with Crippen molar-refractivity contribution >= 4 is 34.8 Å². The van der Waals surface area contributed by atoms with E-state index in [2.05, 4.69) is 5.32 Å². The molecular weight excluding hydrogens is 298 g/mol. The van der Waals surface area contributed by atoms with Gasteiger partial charge in [0.15, 0.2) is 0 Å². The van der Waals surface area contributed by atoms with E-state index in [9.17, 15) is 4.79 Å². The second-order valence-electron chi connectivity index (χ2n) is 5.25. The van der Waals surface area contributed by atoms with Crippen LogP contribution in [0.4, 0.5) is 5.69 Å². The highest BCUT2D eigenvalue weighted by atomic mass is 35.5. The van der Waals surface area contributed by atoms with Gasteiger partial charge in [-0.15, -0.1) is 0 Å². The molecule has 2 aromatic rings. The Bertz CT molecular complexity index is 852. The fourth-order valence-corrected chi connectivity index (χ4v) is 2.90. The summed E-state index contributed by atoms with van der Waals surface area (Å²) in [5, 5.41) is 3.53. The van der Waals surface area contributed by atoms with Crippen LogP contribution in [0.5, 0.6) is 5.75 Å². The lowest BCUT2D eigenvalue weighted by atomic mass is 10.0. The maximum Gasteiger partial charge on any atom is 0.256 e. The Kier molecular flexibility index (Phi) is 3.01. The SMILES string of the molecule is O=C1Nc2ccccc2C1=CC1=Cc2cc(Cl)ccc2OC1. The number of carbonyl (C=O) groups is 1. The van der Waals surface area contributed by atoms with Gasteiger partial charge in [-0.3, -0.25) is 4.79 Å². The standard InChI is InChI=1S/C18H12ClNO2/c19-13-5-6-17-12(9-13)7-11(10-22-17)8-15-14-3-1-2-4-16(14)20-18(15)21/h1-9H,10H2,(H,20,21). The van der Waals surface area contributed by atoms with Crippen LogP contribution in [0.3, 0.4) is 0 Å². The number of hydrogen-bond acceptors (Lipinski definition) is 2. The predicted octanol–water partition coefficient (Wildman–Crippen LogP) is 4.15. The Morgan fingerprint density at radius 3 is 2.95 bits per heavy atom. The van der Waals surface area contributed by atoms with E-state index in [1.807, 2.05) is 48.6 Å². The van der Waals surface area contributed by atoms with E-state index in [0.29, 0.717) is 17.2 Å². The second kappa shape index (κ2) is 5.04. The van der Waals surface area contributed by atoms with E-state index in [1.165, 1.54) is 0 Å². The summed E-state index contributed by atoms with van der Waals surface area (Å²) in [4.78, 5) is 12.1. The maximum absolute atomic E-state index is 12.1. The molecule has 0 radical (unpaired) electrons. The number of amides is 1. The van der Waals surface area contributed by atoms with Crippen LogP contribution in [0, 0.1) is 0 Å². The van der Waals surface area contributed by atoms with E-state index >= 15 is 0 Å². The Hall–Kier alpha value is -2.52. The van der Waals surface area contributed by atoms with Crippen molar-refractivity contribution in [3.8, 4) is 5.75 Å². The molecule has 0 aliphatic carbocycles. The van der Waals surface area contributed by atoms with Crippen molar-refractivity contribution in [3.05, 3.63) is 70.3 Å². The number of benzene rings is 2. The lowest BCUT2D eigenvalue weighted by Crippen LogP contribution is -2.08. The van der Waals surface area contributed by atoms with E-state index in [1.54, 1.807) is 6.07 Å². The van der Waals surface area contributed by atoms with Crippen LogP contribution in [-0.4, -0.2) is 12.5 Å². The zero-order chi connectivity index (χ0) is 15.1. The lowest BCUT2D eigenvalue weighted by Gasteiger charge is -2.16. The van der Waals surface area contributed by atoms with Crippen molar-refractivity contribution < 1.29 is 9.53 Å². The third-order valence-electron chi connectivity index (χ3n) is 3.75. The van der Waals surface area contributed by atoms with Crippen molar-refractivity contribution in [2.24, 2.45) is 0 Å². The quantitative estimate of drug-likeness (QED) is 0.804. The van der Waals surface area contributed by atoms with Crippen LogP contribution in [-0.2, 0) is 4.79 Å². The zero-order valence-corrected chi connectivity index (χ0v) is 12.4. The predicted molar refractivity (Wildman–Crippen MR) is 88.0 cm³/mol. The first kappa shape index (κ1) is 13.2. The summed E-state index contributed by atoms with van der Waals surface area (Å²) in [6.07, 6.45) is 3.89. The largest absolute Gasteiger partial charge is 0.488 e. The van der Waals surface area contributed by atoms with Gasteiger partial charge in [-0.25, -0.2) is 0 Å². The molecule has 22 heavy (non-hydrogen) atoms. The number of carbonyl (C=O) groups excluding carboxylic acids is 1. The number of rotatable bonds is 1. The van der Waals surface area contributed by atoms with Gasteiger partial charge in [0.25, 0.3) is 5.91 Å². The Morgan fingerprint density at radius 1 is 1.18 bits per heavy atom. The molecule has 2 aliphatic rings. The first-order chi connectivity index (χ1) is 10.7. The molecule has 4 heteroatoms. The number of anilines is 1. The summed E-state index contributed by atoms with van der Waals surface area (Å²) in [5.41, 5.74) is 4.30. The summed E-state index contributed by atoms with van der Waals surface area (Å²) in [6, 6.07) is 13.2. The molecule has 0 fully saturated rings. The summed E-state index contributed by atoms with van der Waals surface area (Å²) < 4.78 is 5.72. The highest BCUT2D eigenvalue weighted by molar-refractivity contribution is 6.32. The molecule has 0 spiro atoms. The van der Waals surface area contributed by atoms with Crippen LogP contribution in [0.1, 0.15) is 11.1 Å². The summed E-state index contributed by atoms with van der Waals surface area (Å²) >= 11 is 6.02. The third-order valence-corrected chi connectivity index (χ3v) is 3.98. The van der Waals surface area contributed by atoms with E-state index < -0.39 is 0 Å². The number of fused-ring (bicyclic) bond motifs is 2. The molecule has 2 aromatic carbocycles. The fraction of sp³-hybridized carbons (Fsp3) is 0.0556. The normalized spacial score (nSPS) is 17.4. The zero-order valence-electron chi connectivity index (χ0n) is 11.6. The molecule has 0 atom stereocenters. The molecule has 4 rings (SSSR count). The van der Waals surface area contributed by atoms with Crippen LogP contribution in [0.15, 0.2) is 54.1 Å². The number of halogens is 1. The van der Waals surface area contributed by atoms with Crippen LogP contribution >= 0.6 is 11.6 Å². The molecule has 1 amide bonds. The second-order valence-corrected chi connectivity index (χ2v) is 5.68. The average molecular weight is 310 g/mol. The smallest absolute Gasteiger partial charge is 0.256 e. The molecule has 0 bridgehead atoms. The Balaban J connectivity index is 1.76. The number of para-hydroxylation sites is 1. The van der Waals surface area contributed by atoms with Crippen LogP contribution in [0.2, 0.25) is 5.02 Å². The number of hydrogen-bond donors (Lipinski definition) is 1. The molecule has 0 aromatic heterocycles. The third kappa shape index (κ3) is 2.20. The molecular formula is C18H12ClNO2. The van der Waals surface area contributed by atoms with Crippen molar-refractivity contribution in [1.82, 2.24) is 0 Å². The van der Waals surface area contributed by atoms with Gasteiger partial charge in [0.2, 0.25) is 0 Å². The molecule has 0 saturated heterocycles. The van der Waals surface area contributed by atoms with Crippen molar-refractivity contribution in [2.45, 2.75) is 0 Å². The van der Waals surface area contributed by atoms with E-state index in [-0.39, 0.29) is 5.91 Å². The molecule has 108 valence electrons. The maximum atomic E-state index is 12.1. The first-order valence-corrected chi connectivity index (χ1v) is 7.34. The summed E-state index contributed by atoms with van der Waals surface area (Å²) in [5.74, 6) is 0.724. The van der Waals surface area contributed by atoms with Gasteiger partial charge >= 0.3 is 0 Å². The fourth-order valence-electron chi connectivity index (χ4n) is 2.72. The van der Waals surface area contributed by atoms with Gasteiger partial charge in [0.1, 0.15) is 12.4 Å². The minimum absolute atomic E-state index is 0.0843. The Morgan fingerprint density at radius 2 is 2.05 bits per heavy atom. The first-order valence-electron chi connectivity index (χ1n) is 6.96.